The summed E-state index contributed by atoms with van der Waals surface area (Å²) in [5.41, 5.74) is 1.64. The molecule has 1 aliphatic heterocycles. The predicted octanol–water partition coefficient (Wildman–Crippen LogP) is 2.71. The van der Waals surface area contributed by atoms with Crippen molar-refractivity contribution in [1.82, 2.24) is 0 Å². The third-order valence-corrected chi connectivity index (χ3v) is 2.78. The van der Waals surface area contributed by atoms with E-state index in [-0.39, 0.29) is 6.29 Å². The summed E-state index contributed by atoms with van der Waals surface area (Å²) in [5.74, 6) is 0.708. The highest BCUT2D eigenvalue weighted by Gasteiger charge is 2.15. The molecule has 1 atom stereocenters. The second-order valence-corrected chi connectivity index (χ2v) is 4.05. The maximum Gasteiger partial charge on any atom is 0.199 e. The van der Waals surface area contributed by atoms with Crippen molar-refractivity contribution in [3.05, 3.63) is 29.3 Å². The van der Waals surface area contributed by atoms with Gasteiger partial charge < -0.3 is 9.47 Å². The van der Waals surface area contributed by atoms with E-state index in [1.54, 1.807) is 6.07 Å². The number of aldehydes is 1. The molecule has 16 heavy (non-hydrogen) atoms. The first-order valence-corrected chi connectivity index (χ1v) is 5.63. The SMILES string of the molecule is Cc1ccc(OC2CCCCO2)cc1C=O. The second kappa shape index (κ2) is 5.12. The van der Waals surface area contributed by atoms with Gasteiger partial charge in [0.15, 0.2) is 6.29 Å². The Hall–Kier alpha value is -1.35. The van der Waals surface area contributed by atoms with Gasteiger partial charge in [-0.15, -0.1) is 0 Å². The van der Waals surface area contributed by atoms with E-state index in [2.05, 4.69) is 0 Å². The first kappa shape index (κ1) is 11.1. The average Bonchev–Trinajstić information content (AvgIpc) is 2.33. The van der Waals surface area contributed by atoms with Crippen LogP contribution in [0.4, 0.5) is 0 Å². The van der Waals surface area contributed by atoms with E-state index >= 15 is 0 Å². The Morgan fingerprint density at radius 3 is 3.00 bits per heavy atom. The third kappa shape index (κ3) is 2.61. The summed E-state index contributed by atoms with van der Waals surface area (Å²) in [4.78, 5) is 10.8. The molecule has 0 spiro atoms. The summed E-state index contributed by atoms with van der Waals surface area (Å²) in [6.45, 7) is 2.67. The van der Waals surface area contributed by atoms with Gasteiger partial charge in [-0.05, 0) is 37.5 Å². The van der Waals surface area contributed by atoms with Crippen molar-refractivity contribution in [3.63, 3.8) is 0 Å². The zero-order valence-electron chi connectivity index (χ0n) is 9.44. The maximum absolute atomic E-state index is 10.8. The lowest BCUT2D eigenvalue weighted by atomic mass is 10.1. The molecule has 0 aliphatic carbocycles. The van der Waals surface area contributed by atoms with Crippen LogP contribution in [0.2, 0.25) is 0 Å². The van der Waals surface area contributed by atoms with Crippen LogP contribution in [0.5, 0.6) is 5.75 Å². The van der Waals surface area contributed by atoms with Gasteiger partial charge in [0.2, 0.25) is 0 Å². The summed E-state index contributed by atoms with van der Waals surface area (Å²) < 4.78 is 11.1. The number of hydrogen-bond acceptors (Lipinski definition) is 3. The van der Waals surface area contributed by atoms with Crippen LogP contribution in [0.25, 0.3) is 0 Å². The van der Waals surface area contributed by atoms with Gasteiger partial charge in [0.1, 0.15) is 12.0 Å². The van der Waals surface area contributed by atoms with Crippen molar-refractivity contribution in [2.24, 2.45) is 0 Å². The van der Waals surface area contributed by atoms with Crippen molar-refractivity contribution >= 4 is 6.29 Å². The number of hydrogen-bond donors (Lipinski definition) is 0. The lowest BCUT2D eigenvalue weighted by molar-refractivity contribution is -0.105. The summed E-state index contributed by atoms with van der Waals surface area (Å²) in [5, 5.41) is 0. The van der Waals surface area contributed by atoms with Crippen LogP contribution in [0.15, 0.2) is 18.2 Å². The fourth-order valence-corrected chi connectivity index (χ4v) is 1.77. The number of carbonyl (C=O) groups excluding carboxylic acids is 1. The highest BCUT2D eigenvalue weighted by atomic mass is 16.7. The van der Waals surface area contributed by atoms with Crippen LogP contribution in [0.3, 0.4) is 0 Å². The molecule has 3 nitrogen and oxygen atoms in total. The standard InChI is InChI=1S/C13H16O3/c1-10-5-6-12(8-11(10)9-14)16-13-4-2-3-7-15-13/h5-6,8-9,13H,2-4,7H2,1H3. The normalized spacial score (nSPS) is 20.4. The highest BCUT2D eigenvalue weighted by Crippen LogP contribution is 2.21. The molecule has 0 radical (unpaired) electrons. The molecular formula is C13H16O3. The minimum absolute atomic E-state index is 0.157. The Morgan fingerprint density at radius 2 is 2.31 bits per heavy atom. The minimum Gasteiger partial charge on any atom is -0.465 e. The molecule has 1 unspecified atom stereocenters. The molecule has 1 fully saturated rings. The number of rotatable bonds is 3. The van der Waals surface area contributed by atoms with E-state index in [4.69, 9.17) is 9.47 Å². The van der Waals surface area contributed by atoms with Crippen LogP contribution >= 0.6 is 0 Å². The van der Waals surface area contributed by atoms with Gasteiger partial charge in [0.25, 0.3) is 0 Å². The fourth-order valence-electron chi connectivity index (χ4n) is 1.77. The van der Waals surface area contributed by atoms with E-state index in [1.165, 1.54) is 0 Å². The van der Waals surface area contributed by atoms with E-state index in [0.29, 0.717) is 11.3 Å². The molecule has 1 aromatic carbocycles. The molecule has 0 bridgehead atoms. The summed E-state index contributed by atoms with van der Waals surface area (Å²) >= 11 is 0. The first-order valence-electron chi connectivity index (χ1n) is 5.63. The van der Waals surface area contributed by atoms with Crippen molar-refractivity contribution in [1.29, 1.82) is 0 Å². The van der Waals surface area contributed by atoms with E-state index in [1.807, 2.05) is 19.1 Å². The summed E-state index contributed by atoms with van der Waals surface area (Å²) in [7, 11) is 0. The number of carbonyl (C=O) groups is 1. The van der Waals surface area contributed by atoms with Gasteiger partial charge >= 0.3 is 0 Å². The van der Waals surface area contributed by atoms with Crippen molar-refractivity contribution in [2.45, 2.75) is 32.5 Å². The van der Waals surface area contributed by atoms with Crippen molar-refractivity contribution in [3.8, 4) is 5.75 Å². The predicted molar refractivity (Wildman–Crippen MR) is 60.8 cm³/mol. The van der Waals surface area contributed by atoms with Crippen LogP contribution in [0.1, 0.15) is 35.2 Å². The second-order valence-electron chi connectivity index (χ2n) is 4.05. The Balaban J connectivity index is 2.05. The quantitative estimate of drug-likeness (QED) is 0.735. The molecule has 86 valence electrons. The molecular weight excluding hydrogens is 204 g/mol. The van der Waals surface area contributed by atoms with Gasteiger partial charge in [-0.2, -0.15) is 0 Å². The molecule has 0 saturated carbocycles. The van der Waals surface area contributed by atoms with E-state index < -0.39 is 0 Å². The zero-order valence-corrected chi connectivity index (χ0v) is 9.44. The molecule has 2 rings (SSSR count). The number of ether oxygens (including phenoxy) is 2. The molecule has 0 aromatic heterocycles. The summed E-state index contributed by atoms with van der Waals surface area (Å²) in [6.07, 6.45) is 3.86. The smallest absolute Gasteiger partial charge is 0.199 e. The Labute approximate surface area is 95.4 Å². The van der Waals surface area contributed by atoms with Gasteiger partial charge in [-0.3, -0.25) is 4.79 Å². The van der Waals surface area contributed by atoms with E-state index in [0.717, 1.165) is 37.7 Å². The van der Waals surface area contributed by atoms with Gasteiger partial charge in [0.05, 0.1) is 6.61 Å². The van der Waals surface area contributed by atoms with Crippen molar-refractivity contribution in [2.75, 3.05) is 6.61 Å². The van der Waals surface area contributed by atoms with Crippen LogP contribution in [-0.2, 0) is 4.74 Å². The minimum atomic E-state index is -0.157. The Bertz CT molecular complexity index is 367. The third-order valence-electron chi connectivity index (χ3n) is 2.78. The van der Waals surface area contributed by atoms with Crippen LogP contribution in [0, 0.1) is 6.92 Å². The molecule has 1 heterocycles. The molecule has 3 heteroatoms. The molecule has 0 N–H and O–H groups in total. The topological polar surface area (TPSA) is 35.5 Å². The Kier molecular flexibility index (Phi) is 3.57. The highest BCUT2D eigenvalue weighted by molar-refractivity contribution is 5.77. The summed E-state index contributed by atoms with van der Waals surface area (Å²) in [6, 6.07) is 5.53. The largest absolute Gasteiger partial charge is 0.465 e. The average molecular weight is 220 g/mol. The van der Waals surface area contributed by atoms with Gasteiger partial charge in [0, 0.05) is 12.0 Å². The van der Waals surface area contributed by atoms with Crippen molar-refractivity contribution < 1.29 is 14.3 Å². The number of benzene rings is 1. The Morgan fingerprint density at radius 1 is 1.44 bits per heavy atom. The lowest BCUT2D eigenvalue weighted by Gasteiger charge is -2.23. The number of aryl methyl sites for hydroxylation is 1. The molecule has 1 aromatic rings. The molecule has 1 aliphatic rings. The monoisotopic (exact) mass is 220 g/mol. The van der Waals surface area contributed by atoms with Gasteiger partial charge in [-0.25, -0.2) is 0 Å². The van der Waals surface area contributed by atoms with Crippen LogP contribution < -0.4 is 4.74 Å². The van der Waals surface area contributed by atoms with E-state index in [9.17, 15) is 4.79 Å². The maximum atomic E-state index is 10.8. The van der Waals surface area contributed by atoms with Gasteiger partial charge in [-0.1, -0.05) is 6.07 Å². The molecule has 1 saturated heterocycles. The molecule has 0 amide bonds. The fraction of sp³-hybridized carbons (Fsp3) is 0.462. The van der Waals surface area contributed by atoms with Crippen LogP contribution in [-0.4, -0.2) is 19.2 Å². The zero-order chi connectivity index (χ0) is 11.4. The lowest BCUT2D eigenvalue weighted by Crippen LogP contribution is -2.25. The first-order chi connectivity index (χ1) is 7.79.